The Morgan fingerprint density at radius 3 is 2.70 bits per heavy atom. The molecule has 1 aromatic carbocycles. The third-order valence-corrected chi connectivity index (χ3v) is 5.37. The number of benzene rings is 1. The number of nitrogens with zero attached hydrogens (tertiary/aromatic N) is 2. The molecule has 5 rings (SSSR count). The van der Waals surface area contributed by atoms with Crippen LogP contribution in [-0.4, -0.2) is 20.9 Å². The summed E-state index contributed by atoms with van der Waals surface area (Å²) in [6.45, 7) is 0.491. The fourth-order valence-electron chi connectivity index (χ4n) is 3.57. The lowest BCUT2D eigenvalue weighted by molar-refractivity contribution is 0.00838. The van der Waals surface area contributed by atoms with Crippen LogP contribution in [0.25, 0.3) is 11.3 Å². The van der Waals surface area contributed by atoms with Crippen molar-refractivity contribution in [2.45, 2.75) is 50.2 Å². The Morgan fingerprint density at radius 1 is 1.17 bits per heavy atom. The fourth-order valence-corrected chi connectivity index (χ4v) is 3.57. The van der Waals surface area contributed by atoms with E-state index >= 15 is 0 Å². The summed E-state index contributed by atoms with van der Waals surface area (Å²) in [6.07, 6.45) is 5.41. The molecule has 0 amide bonds. The van der Waals surface area contributed by atoms with E-state index in [9.17, 15) is 5.11 Å². The summed E-state index contributed by atoms with van der Waals surface area (Å²) in [7, 11) is 0. The standard InChI is InChI=1S/C18H19N3O2/c19-17-14-9-23-18(5-6-18)8-13(14)16(20-21-17)12-4-3-11(7-15(12)22)10-1-2-10/h3-4,7,10,22H,1-2,5-6,8-9H2,(H2,19,21). The average Bonchev–Trinajstić information content (AvgIpc) is 3.45. The van der Waals surface area contributed by atoms with Gasteiger partial charge in [0.2, 0.25) is 0 Å². The van der Waals surface area contributed by atoms with Gasteiger partial charge in [-0.2, -0.15) is 0 Å². The third-order valence-electron chi connectivity index (χ3n) is 5.37. The number of nitrogens with two attached hydrogens (primary N) is 1. The highest BCUT2D eigenvalue weighted by Gasteiger charge is 2.48. The maximum Gasteiger partial charge on any atom is 0.151 e. The van der Waals surface area contributed by atoms with Crippen LogP contribution in [0.4, 0.5) is 5.82 Å². The van der Waals surface area contributed by atoms with E-state index < -0.39 is 0 Å². The predicted molar refractivity (Wildman–Crippen MR) is 86.0 cm³/mol. The molecule has 5 heteroatoms. The molecule has 0 atom stereocenters. The van der Waals surface area contributed by atoms with Crippen LogP contribution in [0.2, 0.25) is 0 Å². The monoisotopic (exact) mass is 309 g/mol. The molecule has 23 heavy (non-hydrogen) atoms. The van der Waals surface area contributed by atoms with E-state index in [1.807, 2.05) is 12.1 Å². The van der Waals surface area contributed by atoms with Crippen molar-refractivity contribution in [3.63, 3.8) is 0 Å². The van der Waals surface area contributed by atoms with Crippen LogP contribution in [0.1, 0.15) is 48.3 Å². The molecule has 3 aliphatic rings. The Hall–Kier alpha value is -2.14. The maximum atomic E-state index is 10.5. The SMILES string of the molecule is Nc1nnc(-c2ccc(C3CC3)cc2O)c2c1COC1(CC1)C2. The number of hydrogen-bond donors (Lipinski definition) is 2. The molecule has 1 aromatic heterocycles. The number of phenolic OH excluding ortho intramolecular Hbond substituents is 1. The minimum Gasteiger partial charge on any atom is -0.507 e. The number of fused-ring (bicyclic) bond motifs is 1. The second-order valence-electron chi connectivity index (χ2n) is 7.09. The van der Waals surface area contributed by atoms with Crippen molar-refractivity contribution < 1.29 is 9.84 Å². The number of phenols is 1. The van der Waals surface area contributed by atoms with E-state index in [1.165, 1.54) is 18.4 Å². The van der Waals surface area contributed by atoms with Gasteiger partial charge in [-0.05, 0) is 54.9 Å². The minimum absolute atomic E-state index is 0.0270. The van der Waals surface area contributed by atoms with Gasteiger partial charge in [0, 0.05) is 17.5 Å². The lowest BCUT2D eigenvalue weighted by Crippen LogP contribution is -2.26. The zero-order valence-corrected chi connectivity index (χ0v) is 12.9. The molecule has 0 unspecified atom stereocenters. The number of rotatable bonds is 2. The molecular formula is C18H19N3O2. The van der Waals surface area contributed by atoms with Crippen molar-refractivity contribution in [2.24, 2.45) is 0 Å². The molecule has 2 fully saturated rings. The van der Waals surface area contributed by atoms with Gasteiger partial charge in [-0.3, -0.25) is 0 Å². The summed E-state index contributed by atoms with van der Waals surface area (Å²) in [5, 5.41) is 18.9. The number of ether oxygens (including phenoxy) is 1. The van der Waals surface area contributed by atoms with Crippen molar-refractivity contribution in [3.8, 4) is 17.0 Å². The van der Waals surface area contributed by atoms with Gasteiger partial charge in [0.25, 0.3) is 0 Å². The van der Waals surface area contributed by atoms with Crippen molar-refractivity contribution in [1.82, 2.24) is 10.2 Å². The minimum atomic E-state index is -0.0270. The van der Waals surface area contributed by atoms with Gasteiger partial charge in [0.05, 0.1) is 12.2 Å². The summed E-state index contributed by atoms with van der Waals surface area (Å²) in [5.41, 5.74) is 10.7. The first-order valence-electron chi connectivity index (χ1n) is 8.26. The summed E-state index contributed by atoms with van der Waals surface area (Å²) in [6, 6.07) is 5.95. The number of aromatic hydroxyl groups is 1. The zero-order valence-electron chi connectivity index (χ0n) is 12.9. The van der Waals surface area contributed by atoms with Crippen LogP contribution < -0.4 is 5.73 Å². The Bertz CT molecular complexity index is 810. The highest BCUT2D eigenvalue weighted by atomic mass is 16.5. The average molecular weight is 309 g/mol. The van der Waals surface area contributed by atoms with Gasteiger partial charge in [-0.15, -0.1) is 10.2 Å². The Morgan fingerprint density at radius 2 is 2.00 bits per heavy atom. The highest BCUT2D eigenvalue weighted by Crippen LogP contribution is 2.49. The molecule has 0 radical (unpaired) electrons. The number of aromatic nitrogens is 2. The van der Waals surface area contributed by atoms with E-state index in [0.29, 0.717) is 18.3 Å². The Kier molecular flexibility index (Phi) is 2.57. The molecule has 0 bridgehead atoms. The van der Waals surface area contributed by atoms with E-state index in [2.05, 4.69) is 16.3 Å². The molecule has 0 saturated heterocycles. The summed E-state index contributed by atoms with van der Waals surface area (Å²) in [5.74, 6) is 1.34. The molecule has 118 valence electrons. The lowest BCUT2D eigenvalue weighted by Gasteiger charge is -2.27. The summed E-state index contributed by atoms with van der Waals surface area (Å²) < 4.78 is 5.95. The Labute approximate surface area is 134 Å². The Balaban J connectivity index is 1.63. The lowest BCUT2D eigenvalue weighted by atomic mass is 9.93. The van der Waals surface area contributed by atoms with E-state index in [4.69, 9.17) is 10.5 Å². The second-order valence-corrected chi connectivity index (χ2v) is 7.09. The van der Waals surface area contributed by atoms with Crippen LogP contribution in [0.3, 0.4) is 0 Å². The number of hydrogen-bond acceptors (Lipinski definition) is 5. The van der Waals surface area contributed by atoms with Gasteiger partial charge >= 0.3 is 0 Å². The molecule has 2 aliphatic carbocycles. The predicted octanol–water partition coefficient (Wildman–Crippen LogP) is 2.91. The van der Waals surface area contributed by atoms with Gasteiger partial charge in [0.15, 0.2) is 5.82 Å². The largest absolute Gasteiger partial charge is 0.507 e. The quantitative estimate of drug-likeness (QED) is 0.891. The van der Waals surface area contributed by atoms with Crippen LogP contribution in [0.5, 0.6) is 5.75 Å². The van der Waals surface area contributed by atoms with Crippen molar-refractivity contribution in [1.29, 1.82) is 0 Å². The second kappa shape index (κ2) is 4.45. The zero-order chi connectivity index (χ0) is 15.6. The summed E-state index contributed by atoms with van der Waals surface area (Å²) in [4.78, 5) is 0. The number of anilines is 1. The van der Waals surface area contributed by atoms with Crippen molar-refractivity contribution >= 4 is 5.82 Å². The smallest absolute Gasteiger partial charge is 0.151 e. The van der Waals surface area contributed by atoms with Crippen LogP contribution in [0.15, 0.2) is 18.2 Å². The molecule has 1 aliphatic heterocycles. The first-order valence-corrected chi connectivity index (χ1v) is 8.26. The third kappa shape index (κ3) is 2.10. The number of nitrogen functional groups attached to an aromatic ring is 1. The van der Waals surface area contributed by atoms with Crippen LogP contribution in [0, 0.1) is 0 Å². The molecule has 3 N–H and O–H groups in total. The first-order chi connectivity index (χ1) is 11.2. The van der Waals surface area contributed by atoms with Gasteiger partial charge in [-0.25, -0.2) is 0 Å². The van der Waals surface area contributed by atoms with Crippen LogP contribution >= 0.6 is 0 Å². The van der Waals surface area contributed by atoms with Gasteiger partial charge in [0.1, 0.15) is 11.4 Å². The van der Waals surface area contributed by atoms with Gasteiger partial charge in [-0.1, -0.05) is 6.07 Å². The van der Waals surface area contributed by atoms with Gasteiger partial charge < -0.3 is 15.6 Å². The molecule has 2 heterocycles. The fraction of sp³-hybridized carbons (Fsp3) is 0.444. The van der Waals surface area contributed by atoms with Crippen LogP contribution in [-0.2, 0) is 17.8 Å². The van der Waals surface area contributed by atoms with E-state index in [1.54, 1.807) is 0 Å². The topological polar surface area (TPSA) is 81.3 Å². The molecule has 2 aromatic rings. The van der Waals surface area contributed by atoms with E-state index in [0.717, 1.165) is 41.6 Å². The van der Waals surface area contributed by atoms with E-state index in [-0.39, 0.29) is 11.4 Å². The summed E-state index contributed by atoms with van der Waals surface area (Å²) >= 11 is 0. The maximum absolute atomic E-state index is 10.5. The molecule has 1 spiro atoms. The normalized spacial score (nSPS) is 21.2. The molecule has 2 saturated carbocycles. The molecule has 5 nitrogen and oxygen atoms in total. The highest BCUT2D eigenvalue weighted by molar-refractivity contribution is 5.73. The van der Waals surface area contributed by atoms with Crippen molar-refractivity contribution in [2.75, 3.05) is 5.73 Å². The molecular weight excluding hydrogens is 290 g/mol. The first kappa shape index (κ1) is 13.3. The van der Waals surface area contributed by atoms with Crippen molar-refractivity contribution in [3.05, 3.63) is 34.9 Å².